The molecule has 0 bridgehead atoms. The van der Waals surface area contributed by atoms with E-state index in [0.717, 1.165) is 36.6 Å². The molecule has 2 heteroatoms. The number of rotatable bonds is 6. The molecule has 0 saturated carbocycles. The molecule has 0 amide bonds. The van der Waals surface area contributed by atoms with Crippen LogP contribution < -0.4 is 15.9 Å². The summed E-state index contributed by atoms with van der Waals surface area (Å²) in [6.07, 6.45) is 3.97. The van der Waals surface area contributed by atoms with Gasteiger partial charge in [0.05, 0.1) is 6.16 Å². The van der Waals surface area contributed by atoms with Crippen molar-refractivity contribution in [2.75, 3.05) is 6.16 Å². The van der Waals surface area contributed by atoms with Gasteiger partial charge in [0.2, 0.25) is 0 Å². The van der Waals surface area contributed by atoms with Crippen LogP contribution >= 0.6 is 7.26 Å². The molecule has 0 spiro atoms. The first-order valence-corrected chi connectivity index (χ1v) is 15.3. The maximum absolute atomic E-state index is 10.7. The number of hydrogen-bond donors (Lipinski definition) is 1. The van der Waals surface area contributed by atoms with Crippen molar-refractivity contribution in [1.29, 1.82) is 0 Å². The number of phenolic OH excluding ortho intramolecular Hbond substituents is 1. The van der Waals surface area contributed by atoms with Gasteiger partial charge in [-0.15, -0.1) is 0 Å². The smallest absolute Gasteiger partial charge is 0.121 e. The third kappa shape index (κ3) is 4.34. The lowest BCUT2D eigenvalue weighted by Gasteiger charge is -2.40. The highest BCUT2D eigenvalue weighted by atomic mass is 31.2. The zero-order chi connectivity index (χ0) is 26.2. The number of aromatic hydroxyl groups is 1. The van der Waals surface area contributed by atoms with Gasteiger partial charge in [0.1, 0.15) is 28.9 Å². The van der Waals surface area contributed by atoms with Crippen molar-refractivity contribution >= 4 is 23.2 Å². The van der Waals surface area contributed by atoms with Gasteiger partial charge in [-0.05, 0) is 115 Å². The fraction of sp³-hybridized carbons (Fsp3) is 0.257. The van der Waals surface area contributed by atoms with Gasteiger partial charge in [0.15, 0.2) is 0 Å². The van der Waals surface area contributed by atoms with Crippen LogP contribution in [0, 0.1) is 26.2 Å². The Labute approximate surface area is 223 Å². The van der Waals surface area contributed by atoms with Crippen LogP contribution in [0.25, 0.3) is 0 Å². The standard InChI is InChI=1S/C35H37OP/c1-25(35(5)22-21-32-28(4)34(36)27(3)26(2)33(32)23-35)24-37(29-15-9-6-10-16-29,30-17-11-7-12-18-30)31-19-13-8-14-20-31/h6-20H,1,21-24H2,2-5H3/p+1. The number of fused-ring (bicyclic) bond motifs is 1. The van der Waals surface area contributed by atoms with Crippen LogP contribution in [-0.4, -0.2) is 11.3 Å². The lowest BCUT2D eigenvalue weighted by atomic mass is 9.67. The van der Waals surface area contributed by atoms with E-state index in [1.165, 1.54) is 38.2 Å². The number of allylic oxidation sites excluding steroid dienone is 1. The lowest BCUT2D eigenvalue weighted by Crippen LogP contribution is -2.37. The quantitative estimate of drug-likeness (QED) is 0.214. The van der Waals surface area contributed by atoms with E-state index in [1.54, 1.807) is 0 Å². The minimum Gasteiger partial charge on any atom is -0.507 e. The first-order valence-electron chi connectivity index (χ1n) is 13.3. The Kier molecular flexibility index (Phi) is 6.86. The van der Waals surface area contributed by atoms with Crippen molar-refractivity contribution in [2.24, 2.45) is 5.41 Å². The van der Waals surface area contributed by atoms with E-state index in [0.29, 0.717) is 5.75 Å². The predicted molar refractivity (Wildman–Crippen MR) is 162 cm³/mol. The van der Waals surface area contributed by atoms with Crippen LogP contribution in [0.2, 0.25) is 0 Å². The molecule has 0 radical (unpaired) electrons. The Bertz CT molecular complexity index is 1330. The number of benzene rings is 4. The SMILES string of the molecule is C=C(C[P+](c1ccccc1)(c1ccccc1)c1ccccc1)C1(C)CCc2c(C)c(O)c(C)c(C)c2C1. The molecule has 4 aromatic rings. The van der Waals surface area contributed by atoms with Crippen LogP contribution in [0.1, 0.15) is 41.2 Å². The van der Waals surface area contributed by atoms with Crippen LogP contribution in [0.4, 0.5) is 0 Å². The molecule has 4 aromatic carbocycles. The zero-order valence-corrected chi connectivity index (χ0v) is 23.5. The van der Waals surface area contributed by atoms with E-state index in [4.69, 9.17) is 6.58 Å². The second-order valence-corrected chi connectivity index (χ2v) is 14.5. The molecule has 1 aliphatic rings. The van der Waals surface area contributed by atoms with E-state index in [9.17, 15) is 5.11 Å². The summed E-state index contributed by atoms with van der Waals surface area (Å²) in [6, 6.07) is 33.3. The minimum atomic E-state index is -1.98. The molecule has 0 aliphatic heterocycles. The van der Waals surface area contributed by atoms with Crippen molar-refractivity contribution in [2.45, 2.75) is 47.0 Å². The van der Waals surface area contributed by atoms with Crippen molar-refractivity contribution in [1.82, 2.24) is 0 Å². The summed E-state index contributed by atoms with van der Waals surface area (Å²) in [7, 11) is -1.98. The molecule has 1 atom stereocenters. The maximum atomic E-state index is 10.7. The summed E-state index contributed by atoms with van der Waals surface area (Å²) >= 11 is 0. The highest BCUT2D eigenvalue weighted by molar-refractivity contribution is 7.95. The molecule has 1 nitrogen and oxygen atoms in total. The molecule has 1 N–H and O–H groups in total. The molecule has 0 saturated heterocycles. The van der Waals surface area contributed by atoms with Gasteiger partial charge in [-0.2, -0.15) is 0 Å². The largest absolute Gasteiger partial charge is 0.507 e. The van der Waals surface area contributed by atoms with Gasteiger partial charge in [-0.3, -0.25) is 0 Å². The first kappa shape index (κ1) is 25.5. The molecule has 0 heterocycles. The van der Waals surface area contributed by atoms with E-state index >= 15 is 0 Å². The zero-order valence-electron chi connectivity index (χ0n) is 22.6. The van der Waals surface area contributed by atoms with E-state index in [2.05, 4.69) is 119 Å². The van der Waals surface area contributed by atoms with E-state index in [-0.39, 0.29) is 5.41 Å². The maximum Gasteiger partial charge on any atom is 0.121 e. The molecule has 188 valence electrons. The average molecular weight is 506 g/mol. The van der Waals surface area contributed by atoms with Crippen molar-refractivity contribution in [3.05, 3.63) is 131 Å². The predicted octanol–water partition coefficient (Wildman–Crippen LogP) is 7.36. The van der Waals surface area contributed by atoms with Crippen molar-refractivity contribution < 1.29 is 5.11 Å². The second kappa shape index (κ2) is 9.96. The molecule has 1 unspecified atom stereocenters. The fourth-order valence-electron chi connectivity index (χ4n) is 6.29. The summed E-state index contributed by atoms with van der Waals surface area (Å²) < 4.78 is 0. The summed E-state index contributed by atoms with van der Waals surface area (Å²) in [5.74, 6) is 0.473. The molecule has 0 fully saturated rings. The molecule has 1 aliphatic carbocycles. The summed E-state index contributed by atoms with van der Waals surface area (Å²) in [5, 5.41) is 14.9. The van der Waals surface area contributed by atoms with E-state index < -0.39 is 7.26 Å². The average Bonchev–Trinajstić information content (AvgIpc) is 2.95. The first-order chi connectivity index (χ1) is 17.8. The van der Waals surface area contributed by atoms with Gasteiger partial charge in [0, 0.05) is 0 Å². The molecular weight excluding hydrogens is 467 g/mol. The summed E-state index contributed by atoms with van der Waals surface area (Å²) in [6.45, 7) is 13.6. The lowest BCUT2D eigenvalue weighted by molar-refractivity contribution is 0.342. The number of hydrogen-bond acceptors (Lipinski definition) is 1. The highest BCUT2D eigenvalue weighted by Gasteiger charge is 2.48. The van der Waals surface area contributed by atoms with Gasteiger partial charge < -0.3 is 5.11 Å². The molecular formula is C35H38OP+. The number of phenols is 1. The Morgan fingerprint density at radius 1 is 0.730 bits per heavy atom. The third-order valence-corrected chi connectivity index (χ3v) is 13.3. The Balaban J connectivity index is 1.63. The van der Waals surface area contributed by atoms with Crippen molar-refractivity contribution in [3.8, 4) is 5.75 Å². The Hall–Kier alpha value is -3.15. The summed E-state index contributed by atoms with van der Waals surface area (Å²) in [5.41, 5.74) is 7.43. The van der Waals surface area contributed by atoms with Crippen molar-refractivity contribution in [3.63, 3.8) is 0 Å². The van der Waals surface area contributed by atoms with Crippen LogP contribution in [0.15, 0.2) is 103 Å². The molecule has 0 aromatic heterocycles. The van der Waals surface area contributed by atoms with Gasteiger partial charge in [-0.1, -0.05) is 68.1 Å². The second-order valence-electron chi connectivity index (χ2n) is 11.0. The molecule has 37 heavy (non-hydrogen) atoms. The normalized spacial score (nSPS) is 17.3. The van der Waals surface area contributed by atoms with Crippen LogP contribution in [-0.2, 0) is 12.8 Å². The minimum absolute atomic E-state index is 0.00277. The fourth-order valence-corrected chi connectivity index (χ4v) is 10.7. The van der Waals surface area contributed by atoms with Gasteiger partial charge >= 0.3 is 0 Å². The van der Waals surface area contributed by atoms with Crippen LogP contribution in [0.3, 0.4) is 0 Å². The third-order valence-electron chi connectivity index (χ3n) is 8.91. The van der Waals surface area contributed by atoms with Crippen LogP contribution in [0.5, 0.6) is 5.75 Å². The molecule has 5 rings (SSSR count). The topological polar surface area (TPSA) is 20.2 Å². The van der Waals surface area contributed by atoms with Gasteiger partial charge in [-0.25, -0.2) is 0 Å². The monoisotopic (exact) mass is 505 g/mol. The Morgan fingerprint density at radius 2 is 1.19 bits per heavy atom. The Morgan fingerprint density at radius 3 is 1.65 bits per heavy atom. The highest BCUT2D eigenvalue weighted by Crippen LogP contribution is 2.59. The van der Waals surface area contributed by atoms with E-state index in [1.807, 2.05) is 0 Å². The van der Waals surface area contributed by atoms with Gasteiger partial charge in [0.25, 0.3) is 0 Å². The summed E-state index contributed by atoms with van der Waals surface area (Å²) in [4.78, 5) is 0.